The second-order valence-electron chi connectivity index (χ2n) is 7.53. The number of unbranched alkanes of at least 4 members (excludes halogenated alkanes) is 1. The lowest BCUT2D eigenvalue weighted by Gasteiger charge is -2.08. The maximum Gasteiger partial charge on any atom is 0.280 e. The Labute approximate surface area is 198 Å². The Balaban J connectivity index is 1.68. The second kappa shape index (κ2) is 13.6. The van der Waals surface area contributed by atoms with Crippen molar-refractivity contribution in [2.45, 2.75) is 32.6 Å². The molecule has 0 saturated heterocycles. The van der Waals surface area contributed by atoms with Crippen molar-refractivity contribution >= 4 is 29.4 Å². The first-order valence-corrected chi connectivity index (χ1v) is 11.0. The number of guanidine groups is 1. The van der Waals surface area contributed by atoms with Crippen LogP contribution < -0.4 is 38.3 Å². The lowest BCUT2D eigenvalue weighted by Crippen LogP contribution is -2.38. The molecule has 0 spiro atoms. The highest BCUT2D eigenvalue weighted by Gasteiger charge is 2.15. The number of carbonyl (C=O) groups is 2. The number of aromatic nitrogens is 2. The number of rotatable bonds is 12. The first kappa shape index (κ1) is 26.3. The summed E-state index contributed by atoms with van der Waals surface area (Å²) in [5.74, 6) is -0.0603. The highest BCUT2D eigenvalue weighted by molar-refractivity contribution is 6.06. The summed E-state index contributed by atoms with van der Waals surface area (Å²) in [5.41, 5.74) is 24.0. The van der Waals surface area contributed by atoms with E-state index in [0.29, 0.717) is 31.1 Å². The predicted octanol–water partition coefficient (Wildman–Crippen LogP) is -0.139. The van der Waals surface area contributed by atoms with E-state index in [1.54, 1.807) is 6.92 Å². The molecule has 34 heavy (non-hydrogen) atoms. The summed E-state index contributed by atoms with van der Waals surface area (Å²) < 4.78 is 5.47. The molecular formula is C22H33N9O3. The fourth-order valence-electron chi connectivity index (χ4n) is 2.85. The van der Waals surface area contributed by atoms with Gasteiger partial charge >= 0.3 is 0 Å². The fraction of sp³-hybridized carbons (Fsp3) is 0.409. The lowest BCUT2D eigenvalue weighted by molar-refractivity contribution is -0.123. The number of nitrogen functional groups attached to an aromatic ring is 2. The van der Waals surface area contributed by atoms with Gasteiger partial charge in [-0.25, -0.2) is 9.97 Å². The second-order valence-corrected chi connectivity index (χ2v) is 7.53. The molecule has 12 heteroatoms. The number of hydrogen-bond acceptors (Lipinski definition) is 9. The Bertz CT molecular complexity index is 994. The first-order valence-electron chi connectivity index (χ1n) is 11.0. The molecule has 0 radical (unpaired) electrons. The van der Waals surface area contributed by atoms with Crippen LogP contribution in [0.5, 0.6) is 5.75 Å². The summed E-state index contributed by atoms with van der Waals surface area (Å²) >= 11 is 0. The van der Waals surface area contributed by atoms with E-state index in [0.717, 1.165) is 31.2 Å². The minimum atomic E-state index is -0.593. The number of carbonyl (C=O) groups excluding carboxylic acids is 2. The number of aryl methyl sites for hydroxylation is 2. The number of amides is 2. The summed E-state index contributed by atoms with van der Waals surface area (Å²) in [6.07, 6.45) is 3.24. The van der Waals surface area contributed by atoms with Crippen LogP contribution in [0.3, 0.4) is 0 Å². The molecule has 12 nitrogen and oxygen atoms in total. The number of ether oxygens (including phenoxy) is 1. The van der Waals surface area contributed by atoms with Crippen molar-refractivity contribution < 1.29 is 14.3 Å². The molecule has 0 unspecified atom stereocenters. The third-order valence-electron chi connectivity index (χ3n) is 4.74. The maximum absolute atomic E-state index is 12.3. The van der Waals surface area contributed by atoms with E-state index in [1.165, 1.54) is 0 Å². The molecule has 10 N–H and O–H groups in total. The minimum absolute atomic E-state index is 0.0192. The molecule has 2 rings (SSSR count). The van der Waals surface area contributed by atoms with Gasteiger partial charge in [0.1, 0.15) is 11.6 Å². The standard InChI is InChI=1S/C22H33N9O3/c1-14-19(24)30-20(25)18(29-14)21(33)31-22(26)28-11-3-2-5-15-6-8-16(9-7-15)34-13-17(32)27-12-4-10-23/h6-9H,2-5,10-13,23H2,1H3,(H,27,32)(H4,24,25,30)(H3,26,28,31,33). The largest absolute Gasteiger partial charge is 0.484 e. The van der Waals surface area contributed by atoms with Crippen molar-refractivity contribution in [2.75, 3.05) is 37.7 Å². The van der Waals surface area contributed by atoms with Gasteiger partial charge in [0, 0.05) is 13.1 Å². The Morgan fingerprint density at radius 2 is 1.79 bits per heavy atom. The van der Waals surface area contributed by atoms with Crippen molar-refractivity contribution in [2.24, 2.45) is 16.5 Å². The molecule has 0 fully saturated rings. The zero-order valence-electron chi connectivity index (χ0n) is 19.3. The average molecular weight is 472 g/mol. The predicted molar refractivity (Wildman–Crippen MR) is 131 cm³/mol. The van der Waals surface area contributed by atoms with Gasteiger partial charge in [0.2, 0.25) is 0 Å². The van der Waals surface area contributed by atoms with Crippen LogP contribution in [0.1, 0.15) is 41.0 Å². The zero-order chi connectivity index (χ0) is 24.9. The van der Waals surface area contributed by atoms with Crippen molar-refractivity contribution in [1.29, 1.82) is 0 Å². The van der Waals surface area contributed by atoms with Gasteiger partial charge in [0.25, 0.3) is 11.8 Å². The molecule has 0 aliphatic rings. The third kappa shape index (κ3) is 8.90. The molecule has 2 aromatic rings. The van der Waals surface area contributed by atoms with E-state index in [2.05, 4.69) is 25.6 Å². The number of nitrogens with two attached hydrogens (primary N) is 4. The van der Waals surface area contributed by atoms with Crippen molar-refractivity contribution in [3.63, 3.8) is 0 Å². The van der Waals surface area contributed by atoms with E-state index in [9.17, 15) is 9.59 Å². The number of aliphatic imine (C=N–C) groups is 1. The molecule has 2 amide bonds. The van der Waals surface area contributed by atoms with Crippen molar-refractivity contribution in [1.82, 2.24) is 20.6 Å². The minimum Gasteiger partial charge on any atom is -0.484 e. The number of benzene rings is 1. The molecule has 0 bridgehead atoms. The van der Waals surface area contributed by atoms with Gasteiger partial charge in [-0.15, -0.1) is 0 Å². The van der Waals surface area contributed by atoms with Crippen molar-refractivity contribution in [3.05, 3.63) is 41.2 Å². The van der Waals surface area contributed by atoms with E-state index in [1.807, 2.05) is 24.3 Å². The van der Waals surface area contributed by atoms with Crippen LogP contribution in [0.25, 0.3) is 0 Å². The van der Waals surface area contributed by atoms with Crippen LogP contribution in [-0.4, -0.2) is 54.0 Å². The third-order valence-corrected chi connectivity index (χ3v) is 4.74. The molecule has 1 aromatic carbocycles. The topological polar surface area (TPSA) is 210 Å². The first-order chi connectivity index (χ1) is 16.3. The van der Waals surface area contributed by atoms with Crippen molar-refractivity contribution in [3.8, 4) is 5.75 Å². The van der Waals surface area contributed by atoms with Gasteiger partial charge in [-0.2, -0.15) is 0 Å². The summed E-state index contributed by atoms with van der Waals surface area (Å²) in [6.45, 7) is 3.13. The molecular weight excluding hydrogens is 438 g/mol. The van der Waals surface area contributed by atoms with Gasteiger partial charge in [-0.3, -0.25) is 19.9 Å². The van der Waals surface area contributed by atoms with E-state index < -0.39 is 5.91 Å². The Kier molecular flexibility index (Phi) is 10.5. The zero-order valence-corrected chi connectivity index (χ0v) is 19.3. The molecule has 0 saturated carbocycles. The average Bonchev–Trinajstić information content (AvgIpc) is 2.80. The molecule has 184 valence electrons. The molecule has 1 heterocycles. The smallest absolute Gasteiger partial charge is 0.280 e. The normalized spacial score (nSPS) is 11.2. The summed E-state index contributed by atoms with van der Waals surface area (Å²) in [6, 6.07) is 7.59. The van der Waals surface area contributed by atoms with Gasteiger partial charge in [-0.05, 0) is 56.8 Å². The number of anilines is 2. The van der Waals surface area contributed by atoms with E-state index >= 15 is 0 Å². The Morgan fingerprint density at radius 1 is 1.06 bits per heavy atom. The molecule has 1 aromatic heterocycles. The Hall–Kier alpha value is -3.93. The summed E-state index contributed by atoms with van der Waals surface area (Å²) in [4.78, 5) is 36.0. The monoisotopic (exact) mass is 471 g/mol. The highest BCUT2D eigenvalue weighted by Crippen LogP contribution is 2.14. The van der Waals surface area contributed by atoms with Gasteiger partial charge < -0.3 is 33.0 Å². The van der Waals surface area contributed by atoms with Crippen LogP contribution >= 0.6 is 0 Å². The van der Waals surface area contributed by atoms with Gasteiger partial charge in [0.05, 0.1) is 5.69 Å². The highest BCUT2D eigenvalue weighted by atomic mass is 16.5. The maximum atomic E-state index is 12.3. The number of hydrogen-bond donors (Lipinski definition) is 6. The molecule has 0 aliphatic heterocycles. The van der Waals surface area contributed by atoms with Crippen LogP contribution in [0.15, 0.2) is 29.3 Å². The molecule has 0 atom stereocenters. The van der Waals surface area contributed by atoms with Gasteiger partial charge in [0.15, 0.2) is 24.1 Å². The number of nitrogens with one attached hydrogen (secondary N) is 2. The van der Waals surface area contributed by atoms with Crippen LogP contribution in [0.2, 0.25) is 0 Å². The number of nitrogens with zero attached hydrogens (tertiary/aromatic N) is 3. The lowest BCUT2D eigenvalue weighted by atomic mass is 10.1. The SMILES string of the molecule is Cc1nc(C(=O)NC(N)=NCCCCc2ccc(OCC(=O)NCCCN)cc2)c(N)nc1N. The van der Waals surface area contributed by atoms with Crippen LogP contribution in [0, 0.1) is 6.92 Å². The quantitative estimate of drug-likeness (QED) is 0.138. The van der Waals surface area contributed by atoms with Gasteiger partial charge in [-0.1, -0.05) is 12.1 Å². The van der Waals surface area contributed by atoms with E-state index in [-0.39, 0.29) is 35.8 Å². The summed E-state index contributed by atoms with van der Waals surface area (Å²) in [5, 5.41) is 5.19. The van der Waals surface area contributed by atoms with Crippen LogP contribution in [-0.2, 0) is 11.2 Å². The Morgan fingerprint density at radius 3 is 2.50 bits per heavy atom. The van der Waals surface area contributed by atoms with E-state index in [4.69, 9.17) is 27.7 Å². The fourth-order valence-corrected chi connectivity index (χ4v) is 2.85. The van der Waals surface area contributed by atoms with Crippen LogP contribution in [0.4, 0.5) is 11.6 Å². The summed E-state index contributed by atoms with van der Waals surface area (Å²) in [7, 11) is 0. The molecule has 0 aliphatic carbocycles.